The molecule has 5 heteroatoms. The molecule has 0 aliphatic carbocycles. The number of carboxylic acids is 1. The molecule has 0 aliphatic heterocycles. The van der Waals surface area contributed by atoms with E-state index in [1.807, 2.05) is 0 Å². The van der Waals surface area contributed by atoms with E-state index in [2.05, 4.69) is 0 Å². The Morgan fingerprint density at radius 1 is 1.45 bits per heavy atom. The minimum absolute atomic E-state index is 0.453. The van der Waals surface area contributed by atoms with Gasteiger partial charge in [-0.3, -0.25) is 4.79 Å². The first-order valence-corrected chi connectivity index (χ1v) is 3.06. The van der Waals surface area contributed by atoms with Crippen molar-refractivity contribution in [2.45, 2.75) is 26.4 Å². The summed E-state index contributed by atoms with van der Waals surface area (Å²) < 4.78 is 35.9. The van der Waals surface area contributed by atoms with Gasteiger partial charge < -0.3 is 5.11 Å². The van der Waals surface area contributed by atoms with Gasteiger partial charge in [0.05, 0.1) is 0 Å². The fourth-order valence-corrected chi connectivity index (χ4v) is 0.473. The number of rotatable bonds is 2. The van der Waals surface area contributed by atoms with Gasteiger partial charge in [0.25, 0.3) is 0 Å². The van der Waals surface area contributed by atoms with E-state index in [9.17, 15) is 18.0 Å². The highest BCUT2D eigenvalue weighted by Gasteiger charge is 2.55. The topological polar surface area (TPSA) is 37.3 Å². The smallest absolute Gasteiger partial charge is 0.404 e. The van der Waals surface area contributed by atoms with Crippen LogP contribution in [0.3, 0.4) is 0 Å². The molecule has 0 spiro atoms. The summed E-state index contributed by atoms with van der Waals surface area (Å²) in [6, 6.07) is 0. The van der Waals surface area contributed by atoms with Crippen LogP contribution < -0.4 is 0 Å². The molecule has 0 unspecified atom stereocenters. The van der Waals surface area contributed by atoms with Crippen LogP contribution in [-0.2, 0) is 4.79 Å². The van der Waals surface area contributed by atoms with Gasteiger partial charge >= 0.3 is 12.1 Å². The van der Waals surface area contributed by atoms with Crippen LogP contribution in [0.1, 0.15) is 20.3 Å². The van der Waals surface area contributed by atoms with Crippen molar-refractivity contribution in [1.82, 2.24) is 0 Å². The third-order valence-corrected chi connectivity index (χ3v) is 1.80. The Morgan fingerprint density at radius 3 is 1.82 bits per heavy atom. The molecular formula is C6H9F3O2. The minimum Gasteiger partial charge on any atom is -0.481 e. The lowest BCUT2D eigenvalue weighted by Gasteiger charge is -2.25. The molecule has 0 bridgehead atoms. The first-order valence-electron chi connectivity index (χ1n) is 3.06. The van der Waals surface area contributed by atoms with Crippen LogP contribution in [0.5, 0.6) is 0 Å². The predicted octanol–water partition coefficient (Wildman–Crippen LogP) is 2.05. The van der Waals surface area contributed by atoms with Gasteiger partial charge in [0.15, 0.2) is 5.41 Å². The van der Waals surface area contributed by atoms with E-state index >= 15 is 0 Å². The largest absolute Gasteiger partial charge is 0.481 e. The monoisotopic (exact) mass is 170 g/mol. The second-order valence-electron chi connectivity index (χ2n) is 2.49. The average molecular weight is 170 g/mol. The van der Waals surface area contributed by atoms with E-state index in [1.54, 1.807) is 0 Å². The molecule has 0 rings (SSSR count). The fourth-order valence-electron chi connectivity index (χ4n) is 0.473. The summed E-state index contributed by atoms with van der Waals surface area (Å²) >= 11 is 0. The fraction of sp³-hybridized carbons (Fsp3) is 0.833. The summed E-state index contributed by atoms with van der Waals surface area (Å²) in [4.78, 5) is 10.2. The Hall–Kier alpha value is -0.740. The van der Waals surface area contributed by atoms with Crippen molar-refractivity contribution in [3.05, 3.63) is 0 Å². The molecule has 1 N–H and O–H groups in total. The number of carboxylic acid groups (broad SMARTS) is 1. The minimum atomic E-state index is -4.67. The van der Waals surface area contributed by atoms with Gasteiger partial charge in [-0.15, -0.1) is 0 Å². The Balaban J connectivity index is 4.75. The van der Waals surface area contributed by atoms with Crippen LogP contribution in [0.25, 0.3) is 0 Å². The van der Waals surface area contributed by atoms with Crippen LogP contribution in [0.2, 0.25) is 0 Å². The van der Waals surface area contributed by atoms with Gasteiger partial charge in [0.2, 0.25) is 0 Å². The zero-order valence-corrected chi connectivity index (χ0v) is 6.20. The van der Waals surface area contributed by atoms with Crippen molar-refractivity contribution in [3.8, 4) is 0 Å². The van der Waals surface area contributed by atoms with Gasteiger partial charge in [-0.1, -0.05) is 6.92 Å². The van der Waals surface area contributed by atoms with E-state index in [1.165, 1.54) is 6.92 Å². The molecule has 0 aromatic carbocycles. The summed E-state index contributed by atoms with van der Waals surface area (Å²) in [5.41, 5.74) is -2.60. The van der Waals surface area contributed by atoms with Crippen molar-refractivity contribution < 1.29 is 23.1 Å². The maximum absolute atomic E-state index is 12.0. The Morgan fingerprint density at radius 2 is 1.82 bits per heavy atom. The maximum atomic E-state index is 12.0. The van der Waals surface area contributed by atoms with E-state index < -0.39 is 24.0 Å². The predicted molar refractivity (Wildman–Crippen MR) is 32.1 cm³/mol. The van der Waals surface area contributed by atoms with Gasteiger partial charge in [-0.05, 0) is 13.3 Å². The Kier molecular flexibility index (Phi) is 2.53. The third-order valence-electron chi connectivity index (χ3n) is 1.80. The van der Waals surface area contributed by atoms with Crippen molar-refractivity contribution in [2.24, 2.45) is 5.41 Å². The van der Waals surface area contributed by atoms with Crippen LogP contribution in [0.4, 0.5) is 13.2 Å². The first-order chi connectivity index (χ1) is 4.75. The van der Waals surface area contributed by atoms with Crippen LogP contribution in [0, 0.1) is 5.41 Å². The molecular weight excluding hydrogens is 161 g/mol. The number of aliphatic carboxylic acids is 1. The van der Waals surface area contributed by atoms with Gasteiger partial charge in [0, 0.05) is 0 Å². The summed E-state index contributed by atoms with van der Waals surface area (Å²) in [6.45, 7) is 1.87. The number of hydrogen-bond acceptors (Lipinski definition) is 1. The lowest BCUT2D eigenvalue weighted by Crippen LogP contribution is -2.41. The molecule has 66 valence electrons. The van der Waals surface area contributed by atoms with Crippen molar-refractivity contribution >= 4 is 5.97 Å². The zero-order chi connectivity index (χ0) is 9.28. The third kappa shape index (κ3) is 1.64. The summed E-state index contributed by atoms with van der Waals surface area (Å²) in [7, 11) is 0. The number of hydrogen-bond donors (Lipinski definition) is 1. The standard InChI is InChI=1S/C6H9F3O2/c1-3-5(2,4(10)11)6(7,8)9/h3H2,1-2H3,(H,10,11)/t5-/m1/s1. The van der Waals surface area contributed by atoms with Crippen molar-refractivity contribution in [3.63, 3.8) is 0 Å². The lowest BCUT2D eigenvalue weighted by molar-refractivity contribution is -0.227. The molecule has 0 saturated heterocycles. The van der Waals surface area contributed by atoms with Crippen LogP contribution in [-0.4, -0.2) is 17.3 Å². The van der Waals surface area contributed by atoms with E-state index in [0.717, 1.165) is 0 Å². The normalized spacial score (nSPS) is 17.5. The quantitative estimate of drug-likeness (QED) is 0.688. The second-order valence-corrected chi connectivity index (χ2v) is 2.49. The van der Waals surface area contributed by atoms with E-state index in [4.69, 9.17) is 5.11 Å². The van der Waals surface area contributed by atoms with Crippen molar-refractivity contribution in [1.29, 1.82) is 0 Å². The Bertz CT molecular complexity index is 164. The molecule has 0 aliphatic rings. The van der Waals surface area contributed by atoms with Gasteiger partial charge in [-0.2, -0.15) is 13.2 Å². The first kappa shape index (κ1) is 10.3. The molecule has 0 fully saturated rings. The molecule has 0 saturated carbocycles. The molecule has 11 heavy (non-hydrogen) atoms. The van der Waals surface area contributed by atoms with Crippen molar-refractivity contribution in [2.75, 3.05) is 0 Å². The van der Waals surface area contributed by atoms with Crippen LogP contribution >= 0.6 is 0 Å². The maximum Gasteiger partial charge on any atom is 0.404 e. The van der Waals surface area contributed by atoms with E-state index in [0.29, 0.717) is 6.92 Å². The van der Waals surface area contributed by atoms with E-state index in [-0.39, 0.29) is 0 Å². The van der Waals surface area contributed by atoms with Gasteiger partial charge in [0.1, 0.15) is 0 Å². The SMILES string of the molecule is CC[C@](C)(C(=O)O)C(F)(F)F. The zero-order valence-electron chi connectivity index (χ0n) is 6.20. The Labute approximate surface area is 62.0 Å². The highest BCUT2D eigenvalue weighted by Crippen LogP contribution is 2.40. The number of alkyl halides is 3. The summed E-state index contributed by atoms with van der Waals surface area (Å²) in [5.74, 6) is -1.83. The lowest BCUT2D eigenvalue weighted by atomic mass is 9.87. The molecule has 0 heterocycles. The average Bonchev–Trinajstić information content (AvgIpc) is 1.83. The molecule has 0 aromatic rings. The molecule has 0 aromatic heterocycles. The molecule has 0 amide bonds. The molecule has 0 radical (unpaired) electrons. The summed E-state index contributed by atoms with van der Waals surface area (Å²) in [6.07, 6.45) is -5.13. The molecule has 2 nitrogen and oxygen atoms in total. The highest BCUT2D eigenvalue weighted by molar-refractivity contribution is 5.75. The summed E-state index contributed by atoms with van der Waals surface area (Å²) in [5, 5.41) is 8.25. The number of carbonyl (C=O) groups is 1. The molecule has 1 atom stereocenters. The highest BCUT2D eigenvalue weighted by atomic mass is 19.4. The van der Waals surface area contributed by atoms with Crippen LogP contribution in [0.15, 0.2) is 0 Å². The number of halogens is 3. The van der Waals surface area contributed by atoms with Gasteiger partial charge in [-0.25, -0.2) is 0 Å². The second kappa shape index (κ2) is 2.71.